The molecule has 0 radical (unpaired) electrons. The Morgan fingerprint density at radius 3 is 2.20 bits per heavy atom. The summed E-state index contributed by atoms with van der Waals surface area (Å²) in [5, 5.41) is 0. The summed E-state index contributed by atoms with van der Waals surface area (Å²) in [7, 11) is 1.59. The Morgan fingerprint density at radius 2 is 1.53 bits per heavy atom. The van der Waals surface area contributed by atoms with Gasteiger partial charge in [-0.3, -0.25) is 14.5 Å². The maximum atomic E-state index is 13.0. The zero-order valence-corrected chi connectivity index (χ0v) is 16.7. The molecule has 1 aliphatic carbocycles. The summed E-state index contributed by atoms with van der Waals surface area (Å²) in [5.41, 5.74) is 1.49. The Kier molecular flexibility index (Phi) is 5.84. The van der Waals surface area contributed by atoms with Crippen molar-refractivity contribution in [2.75, 3.05) is 7.11 Å². The first-order chi connectivity index (χ1) is 14.7. The molecule has 1 fully saturated rings. The molecule has 1 aliphatic heterocycles. The SMILES string of the molecule is COc1ccc(C(=O)c2ccc(C(=O)N3C=COC=C3)cc2)cc1OC1CCCC1. The first-order valence-corrected chi connectivity index (χ1v) is 9.96. The maximum Gasteiger partial charge on any atom is 0.262 e. The normalized spacial score (nSPS) is 15.7. The minimum absolute atomic E-state index is 0.140. The van der Waals surface area contributed by atoms with Gasteiger partial charge in [-0.15, -0.1) is 0 Å². The number of ketones is 1. The van der Waals surface area contributed by atoms with Crippen molar-refractivity contribution in [2.24, 2.45) is 0 Å². The molecule has 1 amide bonds. The number of carbonyl (C=O) groups excluding carboxylic acids is 2. The molecule has 0 aromatic heterocycles. The predicted molar refractivity (Wildman–Crippen MR) is 111 cm³/mol. The van der Waals surface area contributed by atoms with Crippen LogP contribution in [0, 0.1) is 0 Å². The minimum atomic E-state index is -0.207. The van der Waals surface area contributed by atoms with Crippen LogP contribution >= 0.6 is 0 Å². The number of hydrogen-bond acceptors (Lipinski definition) is 5. The number of hydrogen-bond donors (Lipinski definition) is 0. The average Bonchev–Trinajstić information content (AvgIpc) is 3.32. The summed E-state index contributed by atoms with van der Waals surface area (Å²) in [5.74, 6) is 0.861. The lowest BCUT2D eigenvalue weighted by molar-refractivity contribution is 0.0858. The molecule has 2 aliphatic rings. The Hall–Kier alpha value is -3.54. The van der Waals surface area contributed by atoms with Gasteiger partial charge in [0.15, 0.2) is 17.3 Å². The summed E-state index contributed by atoms with van der Waals surface area (Å²) in [6.45, 7) is 0. The Morgan fingerprint density at radius 1 is 0.900 bits per heavy atom. The van der Waals surface area contributed by atoms with Crippen LogP contribution in [0.4, 0.5) is 0 Å². The van der Waals surface area contributed by atoms with Crippen LogP contribution < -0.4 is 9.47 Å². The smallest absolute Gasteiger partial charge is 0.262 e. The zero-order valence-electron chi connectivity index (χ0n) is 16.7. The number of amides is 1. The minimum Gasteiger partial charge on any atom is -0.493 e. The summed E-state index contributed by atoms with van der Waals surface area (Å²) in [4.78, 5) is 26.9. The van der Waals surface area contributed by atoms with E-state index in [2.05, 4.69) is 0 Å². The van der Waals surface area contributed by atoms with E-state index in [-0.39, 0.29) is 17.8 Å². The third-order valence-corrected chi connectivity index (χ3v) is 5.25. The molecule has 2 aromatic rings. The quantitative estimate of drug-likeness (QED) is 0.654. The highest BCUT2D eigenvalue weighted by Gasteiger charge is 2.20. The zero-order chi connectivity index (χ0) is 20.9. The molecule has 4 rings (SSSR count). The van der Waals surface area contributed by atoms with Crippen LogP contribution in [0.1, 0.15) is 52.0 Å². The van der Waals surface area contributed by atoms with Gasteiger partial charge in [-0.2, -0.15) is 0 Å². The monoisotopic (exact) mass is 405 g/mol. The first kappa shape index (κ1) is 19.8. The van der Waals surface area contributed by atoms with Crippen molar-refractivity contribution in [3.8, 4) is 11.5 Å². The molecule has 0 bridgehead atoms. The van der Waals surface area contributed by atoms with E-state index in [1.54, 1.807) is 49.6 Å². The van der Waals surface area contributed by atoms with E-state index < -0.39 is 0 Å². The molecule has 0 spiro atoms. The maximum absolute atomic E-state index is 13.0. The highest BCUT2D eigenvalue weighted by atomic mass is 16.5. The number of benzene rings is 2. The highest BCUT2D eigenvalue weighted by Crippen LogP contribution is 2.33. The van der Waals surface area contributed by atoms with Crippen LogP contribution in [-0.2, 0) is 4.74 Å². The van der Waals surface area contributed by atoms with Crippen LogP contribution in [-0.4, -0.2) is 29.8 Å². The third-order valence-electron chi connectivity index (χ3n) is 5.25. The largest absolute Gasteiger partial charge is 0.493 e. The Balaban J connectivity index is 1.52. The van der Waals surface area contributed by atoms with E-state index in [0.717, 1.165) is 25.7 Å². The van der Waals surface area contributed by atoms with Crippen molar-refractivity contribution in [1.82, 2.24) is 4.90 Å². The molecular weight excluding hydrogens is 382 g/mol. The third kappa shape index (κ3) is 4.22. The van der Waals surface area contributed by atoms with Gasteiger partial charge in [0.1, 0.15) is 12.5 Å². The second kappa shape index (κ2) is 8.86. The molecule has 154 valence electrons. The number of carbonyl (C=O) groups is 2. The van der Waals surface area contributed by atoms with Crippen LogP contribution in [0.15, 0.2) is 67.4 Å². The van der Waals surface area contributed by atoms with Crippen molar-refractivity contribution in [2.45, 2.75) is 31.8 Å². The van der Waals surface area contributed by atoms with Crippen LogP contribution in [0.25, 0.3) is 0 Å². The van der Waals surface area contributed by atoms with Crippen LogP contribution in [0.5, 0.6) is 11.5 Å². The first-order valence-electron chi connectivity index (χ1n) is 9.96. The summed E-state index contributed by atoms with van der Waals surface area (Å²) in [6.07, 6.45) is 10.4. The summed E-state index contributed by atoms with van der Waals surface area (Å²) >= 11 is 0. The van der Waals surface area contributed by atoms with Crippen molar-refractivity contribution >= 4 is 11.7 Å². The number of methoxy groups -OCH3 is 1. The fourth-order valence-electron chi connectivity index (χ4n) is 3.61. The lowest BCUT2D eigenvalue weighted by Crippen LogP contribution is -2.21. The standard InChI is InChI=1S/C24H23NO5/c1-28-21-11-10-19(16-22(21)30-20-4-2-3-5-20)23(26)17-6-8-18(9-7-17)24(27)25-12-14-29-15-13-25/h6-16,20H,2-5H2,1H3. The number of rotatable bonds is 6. The second-order valence-electron chi connectivity index (χ2n) is 7.22. The molecule has 0 N–H and O–H groups in total. The van der Waals surface area contributed by atoms with Crippen molar-refractivity contribution in [1.29, 1.82) is 0 Å². The van der Waals surface area contributed by atoms with Gasteiger partial charge >= 0.3 is 0 Å². The lowest BCUT2D eigenvalue weighted by Gasteiger charge is -2.17. The summed E-state index contributed by atoms with van der Waals surface area (Å²) < 4.78 is 16.4. The predicted octanol–water partition coefficient (Wildman–Crippen LogP) is 4.66. The Labute approximate surface area is 175 Å². The molecule has 0 saturated heterocycles. The topological polar surface area (TPSA) is 65.1 Å². The molecular formula is C24H23NO5. The van der Waals surface area contributed by atoms with Crippen molar-refractivity contribution in [3.63, 3.8) is 0 Å². The van der Waals surface area contributed by atoms with Crippen molar-refractivity contribution in [3.05, 3.63) is 84.1 Å². The average molecular weight is 405 g/mol. The van der Waals surface area contributed by atoms with E-state index in [0.29, 0.717) is 28.2 Å². The van der Waals surface area contributed by atoms with E-state index in [1.165, 1.54) is 29.8 Å². The second-order valence-corrected chi connectivity index (χ2v) is 7.22. The van der Waals surface area contributed by atoms with Gasteiger partial charge in [0.2, 0.25) is 0 Å². The molecule has 0 unspecified atom stereocenters. The van der Waals surface area contributed by atoms with Crippen LogP contribution in [0.3, 0.4) is 0 Å². The van der Waals surface area contributed by atoms with E-state index in [1.807, 2.05) is 0 Å². The molecule has 6 heteroatoms. The molecule has 6 nitrogen and oxygen atoms in total. The Bertz CT molecular complexity index is 975. The van der Waals surface area contributed by atoms with Gasteiger partial charge in [-0.1, -0.05) is 12.1 Å². The lowest BCUT2D eigenvalue weighted by atomic mass is 10.0. The van der Waals surface area contributed by atoms with E-state index >= 15 is 0 Å². The summed E-state index contributed by atoms with van der Waals surface area (Å²) in [6, 6.07) is 11.8. The van der Waals surface area contributed by atoms with Gasteiger partial charge in [-0.25, -0.2) is 0 Å². The van der Waals surface area contributed by atoms with Gasteiger partial charge < -0.3 is 14.2 Å². The van der Waals surface area contributed by atoms with Gasteiger partial charge in [0.05, 0.1) is 13.2 Å². The number of nitrogens with zero attached hydrogens (tertiary/aromatic N) is 1. The van der Waals surface area contributed by atoms with E-state index in [4.69, 9.17) is 14.2 Å². The van der Waals surface area contributed by atoms with Gasteiger partial charge in [0.25, 0.3) is 5.91 Å². The van der Waals surface area contributed by atoms with Gasteiger partial charge in [0, 0.05) is 29.1 Å². The fourth-order valence-corrected chi connectivity index (χ4v) is 3.61. The molecule has 1 saturated carbocycles. The van der Waals surface area contributed by atoms with Crippen LogP contribution in [0.2, 0.25) is 0 Å². The number of ether oxygens (including phenoxy) is 3. The fraction of sp³-hybridized carbons (Fsp3) is 0.250. The van der Waals surface area contributed by atoms with Crippen molar-refractivity contribution < 1.29 is 23.8 Å². The van der Waals surface area contributed by atoms with Gasteiger partial charge in [-0.05, 0) is 56.0 Å². The molecule has 0 atom stereocenters. The van der Waals surface area contributed by atoms with E-state index in [9.17, 15) is 9.59 Å². The highest BCUT2D eigenvalue weighted by molar-refractivity contribution is 6.09. The molecule has 1 heterocycles. The molecule has 2 aromatic carbocycles. The molecule has 30 heavy (non-hydrogen) atoms.